The molecule has 1 saturated carbocycles. The molecule has 0 bridgehead atoms. The van der Waals surface area contributed by atoms with Gasteiger partial charge in [0, 0.05) is 5.56 Å². The Labute approximate surface area is 149 Å². The summed E-state index contributed by atoms with van der Waals surface area (Å²) in [7, 11) is 0. The quantitative estimate of drug-likeness (QED) is 0.726. The van der Waals surface area contributed by atoms with Crippen LogP contribution in [-0.4, -0.2) is 22.0 Å². The van der Waals surface area contributed by atoms with Gasteiger partial charge in [0.1, 0.15) is 12.1 Å². The van der Waals surface area contributed by atoms with Gasteiger partial charge in [-0.2, -0.15) is 0 Å². The highest BCUT2D eigenvalue weighted by Crippen LogP contribution is 2.34. The second-order valence-corrected chi connectivity index (χ2v) is 7.00. The number of nitrogens with zero attached hydrogens (tertiary/aromatic N) is 2. The molecular formula is C18H18N4O2S. The molecule has 3 aromatic rings. The first-order chi connectivity index (χ1) is 12.2. The van der Waals surface area contributed by atoms with Gasteiger partial charge in [-0.05, 0) is 55.3 Å². The van der Waals surface area contributed by atoms with E-state index in [0.717, 1.165) is 34.6 Å². The maximum absolute atomic E-state index is 11.5. The van der Waals surface area contributed by atoms with Crippen molar-refractivity contribution in [3.8, 4) is 5.75 Å². The minimum atomic E-state index is -0.467. The van der Waals surface area contributed by atoms with Gasteiger partial charge in [-0.25, -0.2) is 9.97 Å². The molecule has 2 heterocycles. The number of rotatable bonds is 5. The van der Waals surface area contributed by atoms with Crippen molar-refractivity contribution in [2.45, 2.75) is 31.8 Å². The standard InChI is InChI=1S/C18H18N4O2S/c19-17(23)11-5-6-13(15(9-11)24-12-3-1-2-4-12)22-18-16-14(7-8-25-16)20-10-21-18/h5-10,12H,1-4H2,(H2,19,23)(H,20,21,22). The summed E-state index contributed by atoms with van der Waals surface area (Å²) < 4.78 is 7.13. The van der Waals surface area contributed by atoms with Crippen LogP contribution in [0.5, 0.6) is 5.75 Å². The van der Waals surface area contributed by atoms with Gasteiger partial charge in [-0.3, -0.25) is 4.79 Å². The van der Waals surface area contributed by atoms with Crippen LogP contribution >= 0.6 is 11.3 Å². The molecule has 1 aliphatic carbocycles. The van der Waals surface area contributed by atoms with E-state index in [-0.39, 0.29) is 6.10 Å². The number of thiophene rings is 1. The lowest BCUT2D eigenvalue weighted by Gasteiger charge is -2.18. The third kappa shape index (κ3) is 3.28. The van der Waals surface area contributed by atoms with E-state index in [0.29, 0.717) is 11.3 Å². The second-order valence-electron chi connectivity index (χ2n) is 6.08. The second kappa shape index (κ2) is 6.68. The van der Waals surface area contributed by atoms with E-state index < -0.39 is 5.91 Å². The fourth-order valence-electron chi connectivity index (χ4n) is 3.07. The predicted molar refractivity (Wildman–Crippen MR) is 98.5 cm³/mol. The predicted octanol–water partition coefficient (Wildman–Crippen LogP) is 3.86. The molecule has 4 rings (SSSR count). The normalized spacial score (nSPS) is 14.7. The highest BCUT2D eigenvalue weighted by atomic mass is 32.1. The van der Waals surface area contributed by atoms with Crippen LogP contribution in [0.15, 0.2) is 36.0 Å². The molecule has 1 fully saturated rings. The summed E-state index contributed by atoms with van der Waals surface area (Å²) in [6.07, 6.45) is 6.12. The molecule has 0 atom stereocenters. The van der Waals surface area contributed by atoms with Crippen molar-refractivity contribution in [2.75, 3.05) is 5.32 Å². The highest BCUT2D eigenvalue weighted by Gasteiger charge is 2.19. The van der Waals surface area contributed by atoms with Crippen LogP contribution in [0.25, 0.3) is 10.2 Å². The lowest BCUT2D eigenvalue weighted by molar-refractivity contribution is 0.0999. The summed E-state index contributed by atoms with van der Waals surface area (Å²) in [5.41, 5.74) is 7.52. The number of nitrogens with one attached hydrogen (secondary N) is 1. The van der Waals surface area contributed by atoms with E-state index in [9.17, 15) is 4.79 Å². The van der Waals surface area contributed by atoms with Crippen molar-refractivity contribution >= 4 is 39.0 Å². The molecule has 25 heavy (non-hydrogen) atoms. The molecule has 2 aromatic heterocycles. The Kier molecular flexibility index (Phi) is 4.23. The fraction of sp³-hybridized carbons (Fsp3) is 0.278. The van der Waals surface area contributed by atoms with E-state index >= 15 is 0 Å². The zero-order chi connectivity index (χ0) is 17.2. The smallest absolute Gasteiger partial charge is 0.248 e. The molecule has 3 N–H and O–H groups in total. The van der Waals surface area contributed by atoms with Gasteiger partial charge in [0.15, 0.2) is 5.82 Å². The first kappa shape index (κ1) is 15.8. The SMILES string of the molecule is NC(=O)c1ccc(Nc2ncnc3ccsc23)c(OC2CCCC2)c1. The zero-order valence-electron chi connectivity index (χ0n) is 13.6. The minimum Gasteiger partial charge on any atom is -0.488 e. The van der Waals surface area contributed by atoms with Gasteiger partial charge in [0.05, 0.1) is 22.0 Å². The van der Waals surface area contributed by atoms with Crippen molar-refractivity contribution in [1.29, 1.82) is 0 Å². The van der Waals surface area contributed by atoms with Gasteiger partial charge in [-0.1, -0.05) is 0 Å². The number of ether oxygens (including phenoxy) is 1. The van der Waals surface area contributed by atoms with Crippen molar-refractivity contribution in [3.05, 3.63) is 41.5 Å². The van der Waals surface area contributed by atoms with Crippen LogP contribution in [0, 0.1) is 0 Å². The lowest BCUT2D eigenvalue weighted by atomic mass is 10.1. The number of fused-ring (bicyclic) bond motifs is 1. The Balaban J connectivity index is 1.69. The zero-order valence-corrected chi connectivity index (χ0v) is 14.4. The van der Waals surface area contributed by atoms with Gasteiger partial charge in [-0.15, -0.1) is 11.3 Å². The summed E-state index contributed by atoms with van der Waals surface area (Å²) in [5, 5.41) is 5.31. The van der Waals surface area contributed by atoms with Crippen molar-refractivity contribution in [3.63, 3.8) is 0 Å². The van der Waals surface area contributed by atoms with Crippen molar-refractivity contribution < 1.29 is 9.53 Å². The van der Waals surface area contributed by atoms with E-state index in [4.69, 9.17) is 10.5 Å². The Bertz CT molecular complexity index is 918. The molecule has 1 aromatic carbocycles. The molecule has 0 unspecified atom stereocenters. The van der Waals surface area contributed by atoms with Crippen molar-refractivity contribution in [1.82, 2.24) is 9.97 Å². The molecule has 0 radical (unpaired) electrons. The average molecular weight is 354 g/mol. The monoisotopic (exact) mass is 354 g/mol. The van der Waals surface area contributed by atoms with Crippen LogP contribution in [-0.2, 0) is 0 Å². The van der Waals surface area contributed by atoms with Crippen LogP contribution in [0.1, 0.15) is 36.0 Å². The summed E-state index contributed by atoms with van der Waals surface area (Å²) in [5.74, 6) is 0.889. The minimum absolute atomic E-state index is 0.177. The number of carbonyl (C=O) groups excluding carboxylic acids is 1. The summed E-state index contributed by atoms with van der Waals surface area (Å²) in [4.78, 5) is 20.1. The van der Waals surface area contributed by atoms with Crippen LogP contribution < -0.4 is 15.8 Å². The molecule has 128 valence electrons. The Morgan fingerprint density at radius 1 is 1.24 bits per heavy atom. The molecule has 1 aliphatic rings. The highest BCUT2D eigenvalue weighted by molar-refractivity contribution is 7.17. The van der Waals surface area contributed by atoms with Crippen molar-refractivity contribution in [2.24, 2.45) is 5.73 Å². The molecule has 0 saturated heterocycles. The summed E-state index contributed by atoms with van der Waals surface area (Å²) in [6.45, 7) is 0. The first-order valence-corrected chi connectivity index (χ1v) is 9.14. The number of anilines is 2. The number of nitrogens with two attached hydrogens (primary N) is 1. The maximum Gasteiger partial charge on any atom is 0.248 e. The molecule has 7 heteroatoms. The van der Waals surface area contributed by atoms with Crippen LogP contribution in [0.3, 0.4) is 0 Å². The van der Waals surface area contributed by atoms with Gasteiger partial charge < -0.3 is 15.8 Å². The van der Waals surface area contributed by atoms with Crippen LogP contribution in [0.4, 0.5) is 11.5 Å². The lowest BCUT2D eigenvalue weighted by Crippen LogP contribution is -2.15. The van der Waals surface area contributed by atoms with E-state index in [2.05, 4.69) is 15.3 Å². The van der Waals surface area contributed by atoms with Crippen LogP contribution in [0.2, 0.25) is 0 Å². The topological polar surface area (TPSA) is 90.1 Å². The number of amides is 1. The number of carbonyl (C=O) groups is 1. The molecule has 0 spiro atoms. The Morgan fingerprint density at radius 3 is 2.88 bits per heavy atom. The largest absolute Gasteiger partial charge is 0.488 e. The molecule has 0 aliphatic heterocycles. The van der Waals surface area contributed by atoms with E-state index in [1.165, 1.54) is 19.2 Å². The summed E-state index contributed by atoms with van der Waals surface area (Å²) in [6, 6.07) is 7.17. The number of primary amides is 1. The third-order valence-corrected chi connectivity index (χ3v) is 5.27. The van der Waals surface area contributed by atoms with E-state index in [1.54, 1.807) is 23.5 Å². The van der Waals surface area contributed by atoms with Gasteiger partial charge in [0.2, 0.25) is 5.91 Å². The Morgan fingerprint density at radius 2 is 2.08 bits per heavy atom. The number of hydrogen-bond acceptors (Lipinski definition) is 6. The third-order valence-electron chi connectivity index (χ3n) is 4.36. The number of hydrogen-bond donors (Lipinski definition) is 2. The maximum atomic E-state index is 11.5. The first-order valence-electron chi connectivity index (χ1n) is 8.26. The fourth-order valence-corrected chi connectivity index (χ4v) is 3.86. The van der Waals surface area contributed by atoms with E-state index in [1.807, 2.05) is 17.5 Å². The van der Waals surface area contributed by atoms with Gasteiger partial charge >= 0.3 is 0 Å². The Hall–Kier alpha value is -2.67. The molecule has 6 nitrogen and oxygen atoms in total. The van der Waals surface area contributed by atoms with Gasteiger partial charge in [0.25, 0.3) is 0 Å². The average Bonchev–Trinajstić information content (AvgIpc) is 3.28. The summed E-state index contributed by atoms with van der Waals surface area (Å²) >= 11 is 1.58. The number of aromatic nitrogens is 2. The number of benzene rings is 1. The molecular weight excluding hydrogens is 336 g/mol. The molecule has 1 amide bonds.